The molecule has 4 aliphatic carbocycles. The summed E-state index contributed by atoms with van der Waals surface area (Å²) >= 11 is 0. The summed E-state index contributed by atoms with van der Waals surface area (Å²) in [5, 5.41) is 12.1. The Morgan fingerprint density at radius 1 is 1.00 bits per heavy atom. The molecule has 1 aliphatic heterocycles. The van der Waals surface area contributed by atoms with E-state index >= 15 is 0 Å². The Hall–Kier alpha value is -3.47. The average Bonchev–Trinajstić information content (AvgIpc) is 3.36. The Kier molecular flexibility index (Phi) is 6.92. The molecule has 11 heteroatoms. The number of fused-ring (bicyclic) bond motifs is 5. The normalized spacial score (nSPS) is 36.5. The van der Waals surface area contributed by atoms with Gasteiger partial charge in [-0.25, -0.2) is 4.79 Å². The molecular weight excluding hydrogens is 522 g/mol. The van der Waals surface area contributed by atoms with Gasteiger partial charge in [-0.05, 0) is 49.7 Å². The zero-order valence-electron chi connectivity index (χ0n) is 22.6. The Bertz CT molecular complexity index is 1270. The molecule has 3 saturated carbocycles. The molecule has 4 fully saturated rings. The molecule has 6 atom stereocenters. The SMILES string of the molecule is C[C@]12C=CC(=O)C=C1CC[C@@H]1[C@H]2C(=O)C[C@@]2(C)[C@H]1CC[C@]2(O)C(=O)COC(=O)CCC(=O)ON1C(=O)CCC1=O. The van der Waals surface area contributed by atoms with Gasteiger partial charge in [-0.2, -0.15) is 0 Å². The minimum atomic E-state index is -1.86. The van der Waals surface area contributed by atoms with Crippen LogP contribution in [0.25, 0.3) is 0 Å². The smallest absolute Gasteiger partial charge is 0.333 e. The third kappa shape index (κ3) is 4.34. The summed E-state index contributed by atoms with van der Waals surface area (Å²) in [5.41, 5.74) is -2.49. The number of ether oxygens (including phenoxy) is 1. The molecule has 5 aliphatic rings. The number of Topliss-reactive ketones (excluding diaryl/α,β-unsaturated/α-hetero) is 2. The van der Waals surface area contributed by atoms with Crippen molar-refractivity contribution < 1.29 is 48.2 Å². The number of carbonyl (C=O) groups is 7. The van der Waals surface area contributed by atoms with Gasteiger partial charge in [0.25, 0.3) is 11.8 Å². The number of hydroxylamine groups is 2. The van der Waals surface area contributed by atoms with Crippen molar-refractivity contribution >= 4 is 41.1 Å². The number of hydrogen-bond donors (Lipinski definition) is 1. The van der Waals surface area contributed by atoms with Crippen molar-refractivity contribution in [1.29, 1.82) is 0 Å². The van der Waals surface area contributed by atoms with Crippen molar-refractivity contribution in [2.75, 3.05) is 6.61 Å². The van der Waals surface area contributed by atoms with Crippen LogP contribution in [0.2, 0.25) is 0 Å². The lowest BCUT2D eigenvalue weighted by Gasteiger charge is -2.56. The average molecular weight is 556 g/mol. The van der Waals surface area contributed by atoms with Crippen molar-refractivity contribution in [3.05, 3.63) is 23.8 Å². The fourth-order valence-corrected chi connectivity index (χ4v) is 7.84. The number of hydrogen-bond acceptors (Lipinski definition) is 10. The van der Waals surface area contributed by atoms with Crippen molar-refractivity contribution in [3.8, 4) is 0 Å². The molecule has 0 aromatic heterocycles. The number of carbonyl (C=O) groups excluding carboxylic acids is 7. The van der Waals surface area contributed by atoms with Gasteiger partial charge in [-0.15, -0.1) is 5.06 Å². The van der Waals surface area contributed by atoms with Gasteiger partial charge in [-0.3, -0.25) is 28.8 Å². The summed E-state index contributed by atoms with van der Waals surface area (Å²) in [6, 6.07) is 0. The first-order valence-electron chi connectivity index (χ1n) is 13.7. The molecule has 40 heavy (non-hydrogen) atoms. The molecule has 0 aromatic rings. The van der Waals surface area contributed by atoms with Crippen LogP contribution in [0.5, 0.6) is 0 Å². The summed E-state index contributed by atoms with van der Waals surface area (Å²) in [6.45, 7) is 3.04. The number of ketones is 3. The second kappa shape index (κ2) is 9.87. The highest BCUT2D eigenvalue weighted by atomic mass is 16.7. The number of aliphatic hydroxyl groups is 1. The van der Waals surface area contributed by atoms with Crippen LogP contribution < -0.4 is 0 Å². The number of rotatable bonds is 7. The molecule has 11 nitrogen and oxygen atoms in total. The van der Waals surface area contributed by atoms with Crippen LogP contribution in [-0.2, 0) is 43.1 Å². The molecule has 0 bridgehead atoms. The molecular formula is C29H33NO10. The third-order valence-corrected chi connectivity index (χ3v) is 9.97. The molecule has 5 rings (SSSR count). The molecule has 214 valence electrons. The largest absolute Gasteiger partial charge is 0.458 e. The second-order valence-corrected chi connectivity index (χ2v) is 12.1. The molecule has 1 saturated heterocycles. The van der Waals surface area contributed by atoms with Crippen LogP contribution in [-0.4, -0.2) is 63.5 Å². The van der Waals surface area contributed by atoms with Gasteiger partial charge in [0.05, 0.1) is 12.8 Å². The molecule has 0 spiro atoms. The first-order chi connectivity index (χ1) is 18.8. The van der Waals surface area contributed by atoms with E-state index in [2.05, 4.69) is 0 Å². The van der Waals surface area contributed by atoms with Gasteiger partial charge in [0.1, 0.15) is 11.4 Å². The number of allylic oxidation sites excluding steroid dienone is 4. The Labute approximate surface area is 230 Å². The molecule has 0 unspecified atom stereocenters. The lowest BCUT2D eigenvalue weighted by atomic mass is 9.46. The Morgan fingerprint density at radius 3 is 2.38 bits per heavy atom. The molecule has 0 radical (unpaired) electrons. The van der Waals surface area contributed by atoms with E-state index in [9.17, 15) is 38.7 Å². The standard InChI is InChI=1S/C29H33NO10/c1-27-11-9-17(31)13-16(27)3-4-18-19-10-12-29(38,28(19,2)14-20(32)26(18)27)21(33)15-39-24(36)7-8-25(37)40-30-22(34)5-6-23(30)35/h9,11,13,18-19,26,38H,3-8,10,12,14-15H2,1-2H3/t18-,19-,26-,27-,28-,29-/m0/s1. The first kappa shape index (κ1) is 28.1. The molecule has 1 N–H and O–H groups in total. The highest BCUT2D eigenvalue weighted by Crippen LogP contribution is 2.66. The molecule has 2 amide bonds. The van der Waals surface area contributed by atoms with Gasteiger partial charge in [0.15, 0.2) is 12.4 Å². The quantitative estimate of drug-likeness (QED) is 0.362. The van der Waals surface area contributed by atoms with E-state index in [1.54, 1.807) is 13.0 Å². The highest BCUT2D eigenvalue weighted by Gasteiger charge is 2.68. The number of amides is 2. The Balaban J connectivity index is 1.20. The van der Waals surface area contributed by atoms with E-state index in [0.717, 1.165) is 5.57 Å². The lowest BCUT2D eigenvalue weighted by molar-refractivity contribution is -0.197. The second-order valence-electron chi connectivity index (χ2n) is 12.1. The van der Waals surface area contributed by atoms with E-state index in [1.807, 2.05) is 13.0 Å². The minimum absolute atomic E-state index is 0.000538. The lowest BCUT2D eigenvalue weighted by Crippen LogP contribution is -2.60. The van der Waals surface area contributed by atoms with E-state index in [0.29, 0.717) is 24.3 Å². The fraction of sp³-hybridized carbons (Fsp3) is 0.621. The summed E-state index contributed by atoms with van der Waals surface area (Å²) in [7, 11) is 0. The minimum Gasteiger partial charge on any atom is -0.458 e. The predicted octanol–water partition coefficient (Wildman–Crippen LogP) is 1.70. The van der Waals surface area contributed by atoms with E-state index < -0.39 is 65.4 Å². The topological polar surface area (TPSA) is 161 Å². The highest BCUT2D eigenvalue weighted by molar-refractivity contribution is 6.02. The van der Waals surface area contributed by atoms with Crippen LogP contribution in [0.4, 0.5) is 0 Å². The van der Waals surface area contributed by atoms with Crippen molar-refractivity contribution in [2.45, 2.75) is 77.2 Å². The summed E-state index contributed by atoms with van der Waals surface area (Å²) in [6.07, 6.45) is 5.98. The molecule has 1 heterocycles. The maximum Gasteiger partial charge on any atom is 0.333 e. The number of esters is 1. The number of imide groups is 1. The van der Waals surface area contributed by atoms with E-state index in [1.165, 1.54) is 6.08 Å². The zero-order valence-corrected chi connectivity index (χ0v) is 22.6. The zero-order chi connectivity index (χ0) is 29.0. The summed E-state index contributed by atoms with van der Waals surface area (Å²) < 4.78 is 5.06. The molecule has 0 aromatic carbocycles. The van der Waals surface area contributed by atoms with Crippen LogP contribution in [0.3, 0.4) is 0 Å². The summed E-state index contributed by atoms with van der Waals surface area (Å²) in [4.78, 5) is 90.9. The van der Waals surface area contributed by atoms with Gasteiger partial charge in [-0.1, -0.05) is 25.5 Å². The maximum absolute atomic E-state index is 13.7. The Morgan fingerprint density at radius 2 is 1.68 bits per heavy atom. The van der Waals surface area contributed by atoms with Gasteiger partial charge < -0.3 is 14.7 Å². The van der Waals surface area contributed by atoms with E-state index in [-0.39, 0.29) is 55.0 Å². The first-order valence-corrected chi connectivity index (χ1v) is 13.7. The van der Waals surface area contributed by atoms with Crippen molar-refractivity contribution in [1.82, 2.24) is 5.06 Å². The van der Waals surface area contributed by atoms with E-state index in [4.69, 9.17) is 9.57 Å². The fourth-order valence-electron chi connectivity index (χ4n) is 7.84. The van der Waals surface area contributed by atoms with Gasteiger partial charge >= 0.3 is 11.9 Å². The van der Waals surface area contributed by atoms with Gasteiger partial charge in [0.2, 0.25) is 5.78 Å². The van der Waals surface area contributed by atoms with Crippen LogP contribution in [0.15, 0.2) is 23.8 Å². The summed E-state index contributed by atoms with van der Waals surface area (Å²) in [5.74, 6) is -4.45. The predicted molar refractivity (Wildman–Crippen MR) is 134 cm³/mol. The van der Waals surface area contributed by atoms with Crippen LogP contribution in [0.1, 0.15) is 71.6 Å². The maximum atomic E-state index is 13.7. The van der Waals surface area contributed by atoms with Crippen molar-refractivity contribution in [2.24, 2.45) is 28.6 Å². The van der Waals surface area contributed by atoms with Crippen LogP contribution in [0, 0.1) is 28.6 Å². The third-order valence-electron chi connectivity index (χ3n) is 9.97. The van der Waals surface area contributed by atoms with Gasteiger partial charge in [0, 0.05) is 36.0 Å². The number of nitrogens with zero attached hydrogens (tertiary/aromatic N) is 1. The monoisotopic (exact) mass is 555 g/mol. The van der Waals surface area contributed by atoms with Crippen LogP contribution >= 0.6 is 0 Å². The van der Waals surface area contributed by atoms with Crippen molar-refractivity contribution in [3.63, 3.8) is 0 Å².